The van der Waals surface area contributed by atoms with E-state index in [1.165, 1.54) is 11.1 Å². The molecular weight excluding hydrogens is 360 g/mol. The molecule has 29 heavy (non-hydrogen) atoms. The second-order valence-corrected chi connectivity index (χ2v) is 6.78. The van der Waals surface area contributed by atoms with Gasteiger partial charge in [0.15, 0.2) is 5.82 Å². The van der Waals surface area contributed by atoms with Gasteiger partial charge in [0.05, 0.1) is 5.52 Å². The van der Waals surface area contributed by atoms with Crippen LogP contribution in [0.15, 0.2) is 66.7 Å². The molecule has 3 aromatic carbocycles. The summed E-state index contributed by atoms with van der Waals surface area (Å²) in [7, 11) is 1.00. The number of nitrogens with one attached hydrogen (secondary N) is 2. The van der Waals surface area contributed by atoms with Crippen LogP contribution in [0.5, 0.6) is 0 Å². The fraction of sp³-hybridized carbons (Fsp3) is 0.208. The lowest BCUT2D eigenvalue weighted by Crippen LogP contribution is -1.99. The molecule has 5 nitrogen and oxygen atoms in total. The predicted octanol–water partition coefficient (Wildman–Crippen LogP) is 5.77. The quantitative estimate of drug-likeness (QED) is 0.406. The van der Waals surface area contributed by atoms with Crippen molar-refractivity contribution < 1.29 is 5.11 Å². The maximum atomic E-state index is 7.00. The van der Waals surface area contributed by atoms with E-state index in [1.807, 2.05) is 22.9 Å². The summed E-state index contributed by atoms with van der Waals surface area (Å²) < 4.78 is 2.04. The molecule has 0 bridgehead atoms. The molecule has 0 aliphatic heterocycles. The molecule has 3 N–H and O–H groups in total. The van der Waals surface area contributed by atoms with Crippen molar-refractivity contribution in [2.45, 2.75) is 27.3 Å². The zero-order valence-electron chi connectivity index (χ0n) is 17.4. The van der Waals surface area contributed by atoms with E-state index in [4.69, 9.17) is 10.2 Å². The molecule has 0 fully saturated rings. The van der Waals surface area contributed by atoms with Crippen molar-refractivity contribution in [1.82, 2.24) is 9.78 Å². The third-order valence-electron chi connectivity index (χ3n) is 4.84. The molecule has 4 aromatic rings. The summed E-state index contributed by atoms with van der Waals surface area (Å²) in [6, 6.07) is 22.9. The third kappa shape index (κ3) is 4.41. The Bertz CT molecular complexity index is 1070. The van der Waals surface area contributed by atoms with E-state index in [0.29, 0.717) is 0 Å². The Hall–Kier alpha value is -3.31. The molecule has 4 rings (SSSR count). The first-order chi connectivity index (χ1) is 14.2. The van der Waals surface area contributed by atoms with Crippen LogP contribution in [0.25, 0.3) is 10.9 Å². The highest BCUT2D eigenvalue weighted by Crippen LogP contribution is 2.31. The zero-order chi connectivity index (χ0) is 20.8. The smallest absolute Gasteiger partial charge is 0.160 e. The first kappa shape index (κ1) is 20.4. The van der Waals surface area contributed by atoms with Crippen molar-refractivity contribution in [2.24, 2.45) is 0 Å². The summed E-state index contributed by atoms with van der Waals surface area (Å²) in [5.41, 5.74) is 6.82. The van der Waals surface area contributed by atoms with Crippen LogP contribution in [0.3, 0.4) is 0 Å². The number of fused-ring (bicyclic) bond motifs is 1. The number of aliphatic hydroxyl groups is 1. The standard InChI is InChI=1S/C23H24N4.CH4O/c1-4-27-21-15-19(24-18-11-6-5-7-12-18)13-14-20(21)23(26-27)25-22-16(2)9-8-10-17(22)3;1-2/h5-15,24H,4H2,1-3H3,(H,25,26);2H,1H3. The summed E-state index contributed by atoms with van der Waals surface area (Å²) in [5.74, 6) is 0.899. The number of rotatable bonds is 5. The van der Waals surface area contributed by atoms with E-state index in [1.54, 1.807) is 0 Å². The first-order valence-corrected chi connectivity index (χ1v) is 9.76. The van der Waals surface area contributed by atoms with Crippen LogP contribution >= 0.6 is 0 Å². The first-order valence-electron chi connectivity index (χ1n) is 9.76. The van der Waals surface area contributed by atoms with E-state index < -0.39 is 0 Å². The summed E-state index contributed by atoms with van der Waals surface area (Å²) in [4.78, 5) is 0. The van der Waals surface area contributed by atoms with E-state index in [-0.39, 0.29) is 0 Å². The minimum absolute atomic E-state index is 0.819. The number of hydrogen-bond donors (Lipinski definition) is 3. The van der Waals surface area contributed by atoms with Gasteiger partial charge in [0.2, 0.25) is 0 Å². The molecule has 1 aromatic heterocycles. The number of benzene rings is 3. The van der Waals surface area contributed by atoms with Gasteiger partial charge in [-0.1, -0.05) is 36.4 Å². The molecule has 150 valence electrons. The molecule has 1 heterocycles. The van der Waals surface area contributed by atoms with Crippen LogP contribution in [0.1, 0.15) is 18.1 Å². The van der Waals surface area contributed by atoms with Crippen molar-refractivity contribution in [1.29, 1.82) is 0 Å². The molecule has 0 radical (unpaired) electrons. The van der Waals surface area contributed by atoms with Crippen molar-refractivity contribution in [2.75, 3.05) is 17.7 Å². The predicted molar refractivity (Wildman–Crippen MR) is 122 cm³/mol. The van der Waals surface area contributed by atoms with Crippen LogP contribution in [0.4, 0.5) is 22.9 Å². The minimum atomic E-state index is 0.819. The van der Waals surface area contributed by atoms with Gasteiger partial charge in [-0.2, -0.15) is 5.10 Å². The molecule has 5 heteroatoms. The lowest BCUT2D eigenvalue weighted by Gasteiger charge is -2.11. The Balaban J connectivity index is 0.00000117. The van der Waals surface area contributed by atoms with Crippen LogP contribution in [-0.2, 0) is 6.54 Å². The molecular formula is C24H28N4O. The second-order valence-electron chi connectivity index (χ2n) is 6.78. The van der Waals surface area contributed by atoms with Crippen LogP contribution < -0.4 is 10.6 Å². The number of nitrogens with zero attached hydrogens (tertiary/aromatic N) is 2. The van der Waals surface area contributed by atoms with E-state index in [2.05, 4.69) is 79.9 Å². The number of para-hydroxylation sites is 2. The summed E-state index contributed by atoms with van der Waals surface area (Å²) in [6.45, 7) is 7.18. The van der Waals surface area contributed by atoms with Crippen molar-refractivity contribution in [3.63, 3.8) is 0 Å². The van der Waals surface area contributed by atoms with Gasteiger partial charge in [-0.05, 0) is 62.2 Å². The van der Waals surface area contributed by atoms with E-state index in [0.717, 1.165) is 47.4 Å². The lowest BCUT2D eigenvalue weighted by atomic mass is 10.1. The Morgan fingerprint density at radius 3 is 2.17 bits per heavy atom. The number of anilines is 4. The third-order valence-corrected chi connectivity index (χ3v) is 4.84. The number of hydrogen-bond acceptors (Lipinski definition) is 4. The van der Waals surface area contributed by atoms with Crippen molar-refractivity contribution in [3.05, 3.63) is 77.9 Å². The largest absolute Gasteiger partial charge is 0.400 e. The Labute approximate surface area is 172 Å². The normalized spacial score (nSPS) is 10.4. The highest BCUT2D eigenvalue weighted by atomic mass is 16.2. The number of aliphatic hydroxyl groups excluding tert-OH is 1. The molecule has 0 aliphatic carbocycles. The molecule has 0 aliphatic rings. The molecule has 0 saturated carbocycles. The highest BCUT2D eigenvalue weighted by Gasteiger charge is 2.12. The summed E-state index contributed by atoms with van der Waals surface area (Å²) in [5, 5.41) is 20.0. The topological polar surface area (TPSA) is 62.1 Å². The Morgan fingerprint density at radius 2 is 1.52 bits per heavy atom. The van der Waals surface area contributed by atoms with Crippen molar-refractivity contribution in [3.8, 4) is 0 Å². The summed E-state index contributed by atoms with van der Waals surface area (Å²) in [6.07, 6.45) is 0. The molecule has 0 atom stereocenters. The maximum absolute atomic E-state index is 7.00. The molecule has 0 spiro atoms. The molecule has 0 unspecified atom stereocenters. The van der Waals surface area contributed by atoms with Gasteiger partial charge in [-0.3, -0.25) is 4.68 Å². The fourth-order valence-electron chi connectivity index (χ4n) is 3.40. The highest BCUT2D eigenvalue weighted by molar-refractivity contribution is 5.94. The fourth-order valence-corrected chi connectivity index (χ4v) is 3.40. The van der Waals surface area contributed by atoms with Gasteiger partial charge in [-0.25, -0.2) is 0 Å². The van der Waals surface area contributed by atoms with Gasteiger partial charge >= 0.3 is 0 Å². The molecule has 0 saturated heterocycles. The van der Waals surface area contributed by atoms with Gasteiger partial charge in [0.25, 0.3) is 0 Å². The monoisotopic (exact) mass is 388 g/mol. The average molecular weight is 389 g/mol. The zero-order valence-corrected chi connectivity index (χ0v) is 17.4. The van der Waals surface area contributed by atoms with E-state index >= 15 is 0 Å². The number of aromatic nitrogens is 2. The summed E-state index contributed by atoms with van der Waals surface area (Å²) >= 11 is 0. The van der Waals surface area contributed by atoms with Crippen LogP contribution in [0, 0.1) is 13.8 Å². The van der Waals surface area contributed by atoms with Gasteiger partial charge < -0.3 is 15.7 Å². The van der Waals surface area contributed by atoms with E-state index in [9.17, 15) is 0 Å². The average Bonchev–Trinajstić information content (AvgIpc) is 3.10. The minimum Gasteiger partial charge on any atom is -0.400 e. The second kappa shape index (κ2) is 9.26. The Kier molecular flexibility index (Phi) is 6.52. The van der Waals surface area contributed by atoms with Gasteiger partial charge in [0.1, 0.15) is 0 Å². The van der Waals surface area contributed by atoms with Gasteiger partial charge in [-0.15, -0.1) is 0 Å². The Morgan fingerprint density at radius 1 is 0.828 bits per heavy atom. The number of aryl methyl sites for hydroxylation is 3. The lowest BCUT2D eigenvalue weighted by molar-refractivity contribution is 0.399. The van der Waals surface area contributed by atoms with Gasteiger partial charge in [0, 0.05) is 36.1 Å². The maximum Gasteiger partial charge on any atom is 0.160 e. The van der Waals surface area contributed by atoms with Crippen LogP contribution in [-0.4, -0.2) is 22.0 Å². The molecule has 0 amide bonds. The van der Waals surface area contributed by atoms with Crippen LogP contribution in [0.2, 0.25) is 0 Å². The SMILES string of the molecule is CCn1nc(Nc2c(C)cccc2C)c2ccc(Nc3ccccc3)cc21.CO. The van der Waals surface area contributed by atoms with Crippen molar-refractivity contribution >= 4 is 33.8 Å².